The van der Waals surface area contributed by atoms with E-state index in [1.165, 1.54) is 0 Å². The second-order valence-corrected chi connectivity index (χ2v) is 6.86. The van der Waals surface area contributed by atoms with Gasteiger partial charge in [0, 0.05) is 11.6 Å². The van der Waals surface area contributed by atoms with Crippen LogP contribution in [-0.2, 0) is 13.9 Å². The van der Waals surface area contributed by atoms with Gasteiger partial charge in [0.2, 0.25) is 0 Å². The molecule has 33 heavy (non-hydrogen) atoms. The number of ether oxygens (including phenoxy) is 6. The van der Waals surface area contributed by atoms with Gasteiger partial charge < -0.3 is 28.4 Å². The zero-order valence-corrected chi connectivity index (χ0v) is 20.0. The van der Waals surface area contributed by atoms with Crippen LogP contribution in [0.25, 0.3) is 5.57 Å². The van der Waals surface area contributed by atoms with Gasteiger partial charge in [0.15, 0.2) is 0 Å². The smallest absolute Gasteiger partial charge is 0.358 e. The standard InChI is InChI=1S/C26H29O7/c1-27-16-14-21(32-6)25(22(15-16)33-7)26(23-17(28-2)10-8-11-18(23)29-3)24-19(30-4)12-9-13-20(24)31-5/h8-15H,1-7H3/q+1. The molecule has 2 aromatic rings. The fourth-order valence-corrected chi connectivity index (χ4v) is 3.82. The lowest BCUT2D eigenvalue weighted by molar-refractivity contribution is -0.418. The van der Waals surface area contributed by atoms with Gasteiger partial charge in [0.05, 0.1) is 59.9 Å². The largest absolute Gasteiger partial charge is 0.496 e. The van der Waals surface area contributed by atoms with E-state index >= 15 is 0 Å². The summed E-state index contributed by atoms with van der Waals surface area (Å²) in [5.41, 5.74) is 2.72. The molecule has 2 aromatic carbocycles. The second kappa shape index (κ2) is 10.6. The molecule has 7 nitrogen and oxygen atoms in total. The fourth-order valence-electron chi connectivity index (χ4n) is 3.82. The fraction of sp³-hybridized carbons (Fsp3) is 0.269. The third-order valence-corrected chi connectivity index (χ3v) is 5.32. The van der Waals surface area contributed by atoms with E-state index in [-0.39, 0.29) is 0 Å². The molecule has 0 aromatic heterocycles. The van der Waals surface area contributed by atoms with Crippen LogP contribution in [0.5, 0.6) is 23.0 Å². The van der Waals surface area contributed by atoms with Crippen LogP contribution in [0.2, 0.25) is 0 Å². The zero-order chi connectivity index (χ0) is 24.0. The lowest BCUT2D eigenvalue weighted by Gasteiger charge is -2.23. The summed E-state index contributed by atoms with van der Waals surface area (Å²) >= 11 is 0. The van der Waals surface area contributed by atoms with E-state index in [0.717, 1.165) is 0 Å². The van der Waals surface area contributed by atoms with Gasteiger partial charge in [0.1, 0.15) is 40.1 Å². The Bertz CT molecular complexity index is 1040. The van der Waals surface area contributed by atoms with Gasteiger partial charge in [-0.25, -0.2) is 0 Å². The third-order valence-electron chi connectivity index (χ3n) is 5.32. The molecular formula is C26H29O7+. The lowest BCUT2D eigenvalue weighted by atomic mass is 9.86. The number of hydrogen-bond donors (Lipinski definition) is 0. The second-order valence-electron chi connectivity index (χ2n) is 6.86. The topological polar surface area (TPSA) is 66.7 Å². The van der Waals surface area contributed by atoms with Crippen molar-refractivity contribution in [1.82, 2.24) is 0 Å². The Balaban J connectivity index is 2.60. The van der Waals surface area contributed by atoms with Crippen LogP contribution in [0.1, 0.15) is 11.1 Å². The van der Waals surface area contributed by atoms with E-state index in [9.17, 15) is 0 Å². The Labute approximate surface area is 194 Å². The SMILES string of the molecule is COC1=CC(=[O+]C)C(=C(c2c(OC)cccc2OC)c2c(OC)cccc2OC)C(OC)=C1. The summed E-state index contributed by atoms with van der Waals surface area (Å²) < 4.78 is 40.1. The Hall–Kier alpha value is -3.87. The van der Waals surface area contributed by atoms with Crippen LogP contribution < -0.4 is 18.9 Å². The van der Waals surface area contributed by atoms with Crippen molar-refractivity contribution in [2.45, 2.75) is 0 Å². The molecule has 0 amide bonds. The molecule has 0 spiro atoms. The van der Waals surface area contributed by atoms with Crippen molar-refractivity contribution in [2.24, 2.45) is 0 Å². The van der Waals surface area contributed by atoms with Crippen LogP contribution in [0.4, 0.5) is 0 Å². The molecular weight excluding hydrogens is 424 g/mol. The van der Waals surface area contributed by atoms with Gasteiger partial charge >= 0.3 is 5.78 Å². The van der Waals surface area contributed by atoms with Gasteiger partial charge in [-0.15, -0.1) is 0 Å². The summed E-state index contributed by atoms with van der Waals surface area (Å²) in [6.07, 6.45) is 3.59. The molecule has 7 heteroatoms. The number of methoxy groups -OCH3 is 6. The molecule has 0 unspecified atom stereocenters. The van der Waals surface area contributed by atoms with Crippen molar-refractivity contribution >= 4 is 11.4 Å². The van der Waals surface area contributed by atoms with Crippen molar-refractivity contribution in [1.29, 1.82) is 0 Å². The lowest BCUT2D eigenvalue weighted by Crippen LogP contribution is -2.16. The van der Waals surface area contributed by atoms with Crippen molar-refractivity contribution in [3.8, 4) is 23.0 Å². The molecule has 1 aliphatic carbocycles. The summed E-state index contributed by atoms with van der Waals surface area (Å²) in [5.74, 6) is 4.03. The maximum atomic E-state index is 5.80. The first-order chi connectivity index (χ1) is 16.1. The number of rotatable bonds is 8. The van der Waals surface area contributed by atoms with Gasteiger partial charge in [-0.05, 0) is 24.3 Å². The number of ketones is 1. The minimum absolute atomic E-state index is 0.530. The average molecular weight is 454 g/mol. The highest BCUT2D eigenvalue weighted by molar-refractivity contribution is 6.17. The Morgan fingerprint density at radius 3 is 1.39 bits per heavy atom. The van der Waals surface area contributed by atoms with Crippen molar-refractivity contribution in [2.75, 3.05) is 49.8 Å². The van der Waals surface area contributed by atoms with Crippen molar-refractivity contribution in [3.05, 3.63) is 76.8 Å². The summed E-state index contributed by atoms with van der Waals surface area (Å²) in [6.45, 7) is 0. The highest BCUT2D eigenvalue weighted by atomic mass is 16.5. The normalized spacial score (nSPS) is 14.3. The maximum Gasteiger partial charge on any atom is 0.358 e. The minimum Gasteiger partial charge on any atom is -0.496 e. The molecule has 0 atom stereocenters. The maximum absolute atomic E-state index is 5.80. The molecule has 174 valence electrons. The van der Waals surface area contributed by atoms with E-state index < -0.39 is 0 Å². The quantitative estimate of drug-likeness (QED) is 0.438. The molecule has 0 bridgehead atoms. The highest BCUT2D eigenvalue weighted by Gasteiger charge is 2.36. The van der Waals surface area contributed by atoms with E-state index in [2.05, 4.69) is 0 Å². The Morgan fingerprint density at radius 2 is 1.06 bits per heavy atom. The van der Waals surface area contributed by atoms with E-state index in [0.29, 0.717) is 62.6 Å². The predicted molar refractivity (Wildman–Crippen MR) is 126 cm³/mol. The molecule has 0 N–H and O–H groups in total. The van der Waals surface area contributed by atoms with Crippen LogP contribution >= 0.6 is 0 Å². The molecule has 1 aliphatic rings. The number of benzene rings is 2. The van der Waals surface area contributed by atoms with E-state index in [1.807, 2.05) is 36.4 Å². The molecule has 0 saturated heterocycles. The Kier molecular flexibility index (Phi) is 7.66. The monoisotopic (exact) mass is 453 g/mol. The first-order valence-corrected chi connectivity index (χ1v) is 10.2. The Morgan fingerprint density at radius 1 is 0.606 bits per heavy atom. The summed E-state index contributed by atoms with van der Waals surface area (Å²) in [6, 6.07) is 11.2. The number of allylic oxidation sites excluding steroid dienone is 3. The molecule has 3 rings (SSSR count). The van der Waals surface area contributed by atoms with Crippen LogP contribution in [0.15, 0.2) is 65.6 Å². The van der Waals surface area contributed by atoms with Crippen LogP contribution in [0.3, 0.4) is 0 Å². The summed E-state index contributed by atoms with van der Waals surface area (Å²) in [4.78, 5) is 0. The highest BCUT2D eigenvalue weighted by Crippen LogP contribution is 2.48. The van der Waals surface area contributed by atoms with Gasteiger partial charge in [-0.1, -0.05) is 12.1 Å². The molecule has 0 fully saturated rings. The first kappa shape index (κ1) is 23.8. The summed E-state index contributed by atoms with van der Waals surface area (Å²) in [5, 5.41) is 0. The van der Waals surface area contributed by atoms with Crippen LogP contribution in [0, 0.1) is 0 Å². The molecule has 0 aliphatic heterocycles. The van der Waals surface area contributed by atoms with E-state index in [1.54, 1.807) is 61.9 Å². The van der Waals surface area contributed by atoms with Gasteiger partial charge in [0.25, 0.3) is 7.11 Å². The van der Waals surface area contributed by atoms with Crippen molar-refractivity contribution in [3.63, 3.8) is 0 Å². The average Bonchev–Trinajstić information content (AvgIpc) is 2.88. The predicted octanol–water partition coefficient (Wildman–Crippen LogP) is 4.33. The molecule has 0 radical (unpaired) electrons. The molecule has 0 heterocycles. The number of carbonyl (C=O) groups excluding carboxylic acids is 1. The number of hydrogen-bond acceptors (Lipinski definition) is 6. The van der Waals surface area contributed by atoms with Gasteiger partial charge in [-0.3, -0.25) is 4.42 Å². The third kappa shape index (κ3) is 4.39. The first-order valence-electron chi connectivity index (χ1n) is 10.2. The molecule has 0 saturated carbocycles. The van der Waals surface area contributed by atoms with Gasteiger partial charge in [-0.2, -0.15) is 0 Å². The summed E-state index contributed by atoms with van der Waals surface area (Å²) in [7, 11) is 11.2. The van der Waals surface area contributed by atoms with Crippen molar-refractivity contribution < 1.29 is 32.8 Å². The minimum atomic E-state index is 0.530. The van der Waals surface area contributed by atoms with E-state index in [4.69, 9.17) is 32.8 Å². The van der Waals surface area contributed by atoms with Crippen LogP contribution in [-0.4, -0.2) is 55.6 Å². The zero-order valence-electron chi connectivity index (χ0n) is 20.0.